The molecule has 0 aliphatic carbocycles. The van der Waals surface area contributed by atoms with Crippen LogP contribution in [0.5, 0.6) is 5.75 Å². The summed E-state index contributed by atoms with van der Waals surface area (Å²) in [7, 11) is -1.12. The number of benzene rings is 1. The lowest BCUT2D eigenvalue weighted by Crippen LogP contribution is -2.64. The quantitative estimate of drug-likeness (QED) is 0.126. The fourth-order valence-electron chi connectivity index (χ4n) is 3.68. The van der Waals surface area contributed by atoms with Gasteiger partial charge in [-0.25, -0.2) is 4.79 Å². The van der Waals surface area contributed by atoms with Gasteiger partial charge >= 0.3 is 29.6 Å². The van der Waals surface area contributed by atoms with Gasteiger partial charge in [0.25, 0.3) is 0 Å². The number of nitro benzene ring substituents is 1. The van der Waals surface area contributed by atoms with Gasteiger partial charge in [-0.1, -0.05) is 26.8 Å². The number of ether oxygens (including phenoxy) is 6. The highest BCUT2D eigenvalue weighted by Crippen LogP contribution is 2.38. The van der Waals surface area contributed by atoms with Gasteiger partial charge in [0.15, 0.2) is 32.4 Å². The SMILES string of the molecule is COC(=O)[C@H]1O[C@@H](Oc2ccc(CO[Si](C)(C)C(C)(C)C)cc2[N+](=O)[O-])[C@H](OC(C)=O)[C@@H](OC(C)=O)[C@@H]1OC(C)=O. The molecule has 5 atom stereocenters. The molecule has 41 heavy (non-hydrogen) atoms. The molecule has 2 rings (SSSR count). The van der Waals surface area contributed by atoms with Crippen LogP contribution in [0.2, 0.25) is 18.1 Å². The first-order chi connectivity index (χ1) is 18.9. The van der Waals surface area contributed by atoms with Crippen LogP contribution in [0.25, 0.3) is 0 Å². The lowest BCUT2D eigenvalue weighted by molar-refractivity contribution is -0.387. The highest BCUT2D eigenvalue weighted by molar-refractivity contribution is 6.74. The van der Waals surface area contributed by atoms with Crippen LogP contribution >= 0.6 is 0 Å². The topological polar surface area (TPSA) is 176 Å². The van der Waals surface area contributed by atoms with E-state index in [1.54, 1.807) is 6.07 Å². The molecule has 1 saturated heterocycles. The maximum absolute atomic E-state index is 12.6. The van der Waals surface area contributed by atoms with Gasteiger partial charge in [-0.15, -0.1) is 0 Å². The molecule has 1 aliphatic heterocycles. The molecule has 0 saturated carbocycles. The minimum Gasteiger partial charge on any atom is -0.467 e. The standard InChI is InChI=1S/C26H37NO13Si/c1-14(28)36-20-21(37-15(2)29)23(38-16(3)30)25(40-22(20)24(31)34-7)39-19-11-10-17(12-18(19)27(32)33)13-35-41(8,9)26(4,5)6/h10-12,20-23,25H,13H2,1-9H3/t20-,21-,22-,23+,25+/m0/s1. The van der Waals surface area contributed by atoms with E-state index in [1.807, 2.05) is 0 Å². The number of hydrogen-bond donors (Lipinski definition) is 0. The maximum Gasteiger partial charge on any atom is 0.339 e. The van der Waals surface area contributed by atoms with Crippen LogP contribution in [-0.4, -0.2) is 74.9 Å². The Kier molecular flexibility index (Phi) is 11.0. The molecule has 0 amide bonds. The Bertz CT molecular complexity index is 1160. The number of nitro groups is 1. The van der Waals surface area contributed by atoms with Gasteiger partial charge in [-0.3, -0.25) is 24.5 Å². The monoisotopic (exact) mass is 599 g/mol. The molecule has 0 N–H and O–H groups in total. The zero-order valence-corrected chi connectivity index (χ0v) is 25.6. The molecule has 1 aliphatic rings. The van der Waals surface area contributed by atoms with Crippen molar-refractivity contribution in [2.75, 3.05) is 7.11 Å². The van der Waals surface area contributed by atoms with E-state index in [1.165, 1.54) is 12.1 Å². The smallest absolute Gasteiger partial charge is 0.339 e. The lowest BCUT2D eigenvalue weighted by Gasteiger charge is -2.43. The summed E-state index contributed by atoms with van der Waals surface area (Å²) in [6, 6.07) is 4.14. The van der Waals surface area contributed by atoms with Gasteiger partial charge in [0.1, 0.15) is 0 Å². The molecule has 14 nitrogen and oxygen atoms in total. The van der Waals surface area contributed by atoms with Crippen LogP contribution in [0.15, 0.2) is 18.2 Å². The van der Waals surface area contributed by atoms with Crippen molar-refractivity contribution < 1.29 is 56.9 Å². The molecule has 228 valence electrons. The van der Waals surface area contributed by atoms with Crippen molar-refractivity contribution in [3.05, 3.63) is 33.9 Å². The molecule has 15 heteroatoms. The summed E-state index contributed by atoms with van der Waals surface area (Å²) < 4.78 is 38.2. The second-order valence-electron chi connectivity index (χ2n) is 10.9. The van der Waals surface area contributed by atoms with E-state index in [-0.39, 0.29) is 17.4 Å². The van der Waals surface area contributed by atoms with E-state index in [0.29, 0.717) is 5.56 Å². The van der Waals surface area contributed by atoms with Crippen LogP contribution < -0.4 is 4.74 Å². The van der Waals surface area contributed by atoms with Crippen molar-refractivity contribution in [2.45, 2.75) is 97.0 Å². The highest BCUT2D eigenvalue weighted by atomic mass is 28.4. The van der Waals surface area contributed by atoms with Gasteiger partial charge in [-0.2, -0.15) is 0 Å². The third kappa shape index (κ3) is 8.71. The Morgan fingerprint density at radius 2 is 1.49 bits per heavy atom. The number of methoxy groups -OCH3 is 1. The number of rotatable bonds is 10. The average Bonchev–Trinajstić information content (AvgIpc) is 2.84. The first-order valence-electron chi connectivity index (χ1n) is 12.7. The first kappa shape index (κ1) is 33.6. The molecular weight excluding hydrogens is 562 g/mol. The van der Waals surface area contributed by atoms with E-state index in [2.05, 4.69) is 33.9 Å². The van der Waals surface area contributed by atoms with Gasteiger partial charge in [0.05, 0.1) is 18.6 Å². The summed E-state index contributed by atoms with van der Waals surface area (Å²) in [5.74, 6) is -3.93. The van der Waals surface area contributed by atoms with Crippen molar-refractivity contribution in [3.8, 4) is 5.75 Å². The molecule has 1 aromatic carbocycles. The van der Waals surface area contributed by atoms with Crippen LogP contribution in [-0.2, 0) is 53.9 Å². The zero-order chi connectivity index (χ0) is 31.3. The molecular formula is C26H37NO13Si. The van der Waals surface area contributed by atoms with Crippen molar-refractivity contribution in [1.82, 2.24) is 0 Å². The Morgan fingerprint density at radius 1 is 0.951 bits per heavy atom. The maximum atomic E-state index is 12.6. The van der Waals surface area contributed by atoms with E-state index in [9.17, 15) is 29.3 Å². The minimum absolute atomic E-state index is 0.0787. The molecule has 0 unspecified atom stereocenters. The van der Waals surface area contributed by atoms with E-state index in [0.717, 1.165) is 27.9 Å². The summed E-state index contributed by atoms with van der Waals surface area (Å²) >= 11 is 0. The second kappa shape index (κ2) is 13.4. The molecule has 1 heterocycles. The third-order valence-corrected chi connectivity index (χ3v) is 11.2. The Balaban J connectivity index is 2.52. The summed E-state index contributed by atoms with van der Waals surface area (Å²) in [5, 5.41) is 11.9. The largest absolute Gasteiger partial charge is 0.467 e. The molecule has 1 fully saturated rings. The van der Waals surface area contributed by atoms with Crippen LogP contribution in [0.1, 0.15) is 47.1 Å². The third-order valence-electron chi connectivity index (χ3n) is 6.70. The Hall–Kier alpha value is -3.56. The Labute approximate surface area is 238 Å². The van der Waals surface area contributed by atoms with Gasteiger partial charge in [-0.05, 0) is 29.8 Å². The summed E-state index contributed by atoms with van der Waals surface area (Å²) in [4.78, 5) is 59.7. The molecule has 0 radical (unpaired) electrons. The van der Waals surface area contributed by atoms with E-state index < -0.39 is 73.5 Å². The van der Waals surface area contributed by atoms with Crippen LogP contribution in [0.3, 0.4) is 0 Å². The average molecular weight is 600 g/mol. The van der Waals surface area contributed by atoms with Crippen LogP contribution in [0.4, 0.5) is 5.69 Å². The number of hydrogen-bond acceptors (Lipinski definition) is 13. The molecule has 0 spiro atoms. The predicted molar refractivity (Wildman–Crippen MR) is 143 cm³/mol. The van der Waals surface area contributed by atoms with Crippen molar-refractivity contribution in [1.29, 1.82) is 0 Å². The van der Waals surface area contributed by atoms with Crippen molar-refractivity contribution in [3.63, 3.8) is 0 Å². The lowest BCUT2D eigenvalue weighted by atomic mass is 9.97. The summed E-state index contributed by atoms with van der Waals surface area (Å²) in [5.41, 5.74) is 0.0439. The fourth-order valence-corrected chi connectivity index (χ4v) is 4.64. The minimum atomic E-state index is -2.16. The molecule has 1 aromatic rings. The summed E-state index contributed by atoms with van der Waals surface area (Å²) in [6.45, 7) is 13.6. The fraction of sp³-hybridized carbons (Fsp3) is 0.615. The van der Waals surface area contributed by atoms with Gasteiger partial charge in [0, 0.05) is 26.8 Å². The van der Waals surface area contributed by atoms with E-state index in [4.69, 9.17) is 32.8 Å². The van der Waals surface area contributed by atoms with Gasteiger partial charge < -0.3 is 32.8 Å². The van der Waals surface area contributed by atoms with Crippen molar-refractivity contribution >= 4 is 37.9 Å². The molecule has 0 aromatic heterocycles. The predicted octanol–water partition coefficient (Wildman–Crippen LogP) is 3.19. The Morgan fingerprint density at radius 3 is 1.98 bits per heavy atom. The molecule has 0 bridgehead atoms. The zero-order valence-electron chi connectivity index (χ0n) is 24.6. The second-order valence-corrected chi connectivity index (χ2v) is 15.7. The number of nitrogens with zero attached hydrogens (tertiary/aromatic N) is 1. The van der Waals surface area contributed by atoms with Crippen LogP contribution in [0, 0.1) is 10.1 Å². The first-order valence-corrected chi connectivity index (χ1v) is 15.6. The van der Waals surface area contributed by atoms with Crippen molar-refractivity contribution in [2.24, 2.45) is 0 Å². The highest BCUT2D eigenvalue weighted by Gasteiger charge is 2.56. The number of esters is 4. The summed E-state index contributed by atoms with van der Waals surface area (Å²) in [6.07, 6.45) is -8.24. The normalized spacial score (nSPS) is 22.7. The van der Waals surface area contributed by atoms with Gasteiger partial charge in [0.2, 0.25) is 12.4 Å². The number of carbonyl (C=O) groups excluding carboxylic acids is 4. The van der Waals surface area contributed by atoms with E-state index >= 15 is 0 Å². The number of carbonyl (C=O) groups is 4.